The summed E-state index contributed by atoms with van der Waals surface area (Å²) in [6, 6.07) is 16.3. The maximum Gasteiger partial charge on any atom is 0.317 e. The fourth-order valence-electron chi connectivity index (χ4n) is 2.50. The predicted molar refractivity (Wildman–Crippen MR) is 81.8 cm³/mol. The summed E-state index contributed by atoms with van der Waals surface area (Å²) in [4.78, 5) is 18.1. The standard InChI is InChI=1S/C17H19N3O/c1-20(12-14-9-5-6-10-18-14)17(21)19-16-11-15(16)13-7-3-2-4-8-13/h2-10,15-16H,11-12H2,1H3,(H,19,21). The fourth-order valence-corrected chi connectivity index (χ4v) is 2.50. The van der Waals surface area contributed by atoms with Gasteiger partial charge in [0.15, 0.2) is 0 Å². The van der Waals surface area contributed by atoms with Crippen LogP contribution in [-0.4, -0.2) is 29.0 Å². The van der Waals surface area contributed by atoms with Gasteiger partial charge in [-0.15, -0.1) is 0 Å². The van der Waals surface area contributed by atoms with Gasteiger partial charge in [0.2, 0.25) is 0 Å². The highest BCUT2D eigenvalue weighted by Gasteiger charge is 2.39. The van der Waals surface area contributed by atoms with Gasteiger partial charge in [0.05, 0.1) is 12.2 Å². The number of nitrogens with zero attached hydrogens (tertiary/aromatic N) is 2. The van der Waals surface area contributed by atoms with E-state index in [0.29, 0.717) is 12.5 Å². The highest BCUT2D eigenvalue weighted by atomic mass is 16.2. The number of carbonyl (C=O) groups is 1. The molecule has 21 heavy (non-hydrogen) atoms. The Morgan fingerprint density at radius 3 is 2.71 bits per heavy atom. The summed E-state index contributed by atoms with van der Waals surface area (Å²) >= 11 is 0. The van der Waals surface area contributed by atoms with Crippen LogP contribution < -0.4 is 5.32 Å². The molecule has 2 atom stereocenters. The third-order valence-electron chi connectivity index (χ3n) is 3.80. The molecule has 1 saturated carbocycles. The lowest BCUT2D eigenvalue weighted by molar-refractivity contribution is 0.205. The maximum atomic E-state index is 12.2. The van der Waals surface area contributed by atoms with Crippen molar-refractivity contribution in [1.29, 1.82) is 0 Å². The number of urea groups is 1. The summed E-state index contributed by atoms with van der Waals surface area (Å²) in [6.45, 7) is 0.523. The van der Waals surface area contributed by atoms with Gasteiger partial charge in [0.25, 0.3) is 0 Å². The first-order chi connectivity index (χ1) is 10.2. The number of hydrogen-bond donors (Lipinski definition) is 1. The number of carbonyl (C=O) groups excluding carboxylic acids is 1. The van der Waals surface area contributed by atoms with E-state index in [1.54, 1.807) is 18.1 Å². The Morgan fingerprint density at radius 2 is 2.00 bits per heavy atom. The predicted octanol–water partition coefficient (Wildman–Crippen LogP) is 2.78. The topological polar surface area (TPSA) is 45.2 Å². The summed E-state index contributed by atoms with van der Waals surface area (Å²) in [5, 5.41) is 3.08. The molecule has 1 heterocycles. The zero-order valence-electron chi connectivity index (χ0n) is 12.1. The Kier molecular flexibility index (Phi) is 3.86. The number of benzene rings is 1. The van der Waals surface area contributed by atoms with Gasteiger partial charge in [0.1, 0.15) is 0 Å². The summed E-state index contributed by atoms with van der Waals surface area (Å²) in [7, 11) is 1.80. The van der Waals surface area contributed by atoms with E-state index in [4.69, 9.17) is 0 Å². The second kappa shape index (κ2) is 5.95. The van der Waals surface area contributed by atoms with Crippen molar-refractivity contribution in [1.82, 2.24) is 15.2 Å². The normalized spacial score (nSPS) is 19.9. The third kappa shape index (κ3) is 3.40. The minimum absolute atomic E-state index is 0.0379. The van der Waals surface area contributed by atoms with Crippen LogP contribution in [0.3, 0.4) is 0 Å². The van der Waals surface area contributed by atoms with Crippen molar-refractivity contribution >= 4 is 6.03 Å². The molecule has 1 fully saturated rings. The average molecular weight is 281 g/mol. The number of amides is 2. The quantitative estimate of drug-likeness (QED) is 0.936. The molecular formula is C17H19N3O. The van der Waals surface area contributed by atoms with E-state index < -0.39 is 0 Å². The van der Waals surface area contributed by atoms with Crippen LogP contribution in [0.2, 0.25) is 0 Å². The first kappa shape index (κ1) is 13.6. The smallest absolute Gasteiger partial charge is 0.317 e. The van der Waals surface area contributed by atoms with Crippen LogP contribution in [0.1, 0.15) is 23.6 Å². The van der Waals surface area contributed by atoms with Crippen molar-refractivity contribution in [3.8, 4) is 0 Å². The molecule has 1 aromatic carbocycles. The lowest BCUT2D eigenvalue weighted by Gasteiger charge is -2.17. The van der Waals surface area contributed by atoms with Gasteiger partial charge < -0.3 is 10.2 Å². The second-order valence-electron chi connectivity index (χ2n) is 5.49. The van der Waals surface area contributed by atoms with E-state index in [9.17, 15) is 4.79 Å². The van der Waals surface area contributed by atoms with E-state index in [2.05, 4.69) is 22.4 Å². The fraction of sp³-hybridized carbons (Fsp3) is 0.294. The molecular weight excluding hydrogens is 262 g/mol. The van der Waals surface area contributed by atoms with E-state index >= 15 is 0 Å². The van der Waals surface area contributed by atoms with Gasteiger partial charge in [-0.25, -0.2) is 4.79 Å². The number of nitrogens with one attached hydrogen (secondary N) is 1. The number of hydrogen-bond acceptors (Lipinski definition) is 2. The third-order valence-corrected chi connectivity index (χ3v) is 3.80. The van der Waals surface area contributed by atoms with Crippen molar-refractivity contribution in [3.05, 3.63) is 66.0 Å². The molecule has 3 rings (SSSR count). The lowest BCUT2D eigenvalue weighted by Crippen LogP contribution is -2.38. The Bertz CT molecular complexity index is 600. The van der Waals surface area contributed by atoms with Crippen LogP contribution in [0, 0.1) is 0 Å². The van der Waals surface area contributed by atoms with E-state index in [0.717, 1.165) is 12.1 Å². The van der Waals surface area contributed by atoms with Crippen molar-refractivity contribution in [2.75, 3.05) is 7.05 Å². The first-order valence-electron chi connectivity index (χ1n) is 7.20. The van der Waals surface area contributed by atoms with Gasteiger partial charge in [0, 0.05) is 25.2 Å². The van der Waals surface area contributed by atoms with Gasteiger partial charge >= 0.3 is 6.03 Å². The Morgan fingerprint density at radius 1 is 1.24 bits per heavy atom. The Labute approximate surface area is 124 Å². The molecule has 0 bridgehead atoms. The van der Waals surface area contributed by atoms with E-state index in [1.165, 1.54) is 5.56 Å². The Hall–Kier alpha value is -2.36. The lowest BCUT2D eigenvalue weighted by atomic mass is 10.1. The molecule has 1 aromatic heterocycles. The minimum atomic E-state index is -0.0379. The summed E-state index contributed by atoms with van der Waals surface area (Å²) in [5.74, 6) is 0.457. The molecule has 4 nitrogen and oxygen atoms in total. The van der Waals surface area contributed by atoms with E-state index in [1.807, 2.05) is 36.4 Å². The molecule has 2 amide bonds. The summed E-state index contributed by atoms with van der Waals surface area (Å²) in [5.41, 5.74) is 2.20. The molecule has 2 aromatic rings. The van der Waals surface area contributed by atoms with Crippen molar-refractivity contribution < 1.29 is 4.79 Å². The summed E-state index contributed by atoms with van der Waals surface area (Å²) < 4.78 is 0. The van der Waals surface area contributed by atoms with Crippen molar-refractivity contribution in [2.24, 2.45) is 0 Å². The van der Waals surface area contributed by atoms with Crippen LogP contribution in [0.25, 0.3) is 0 Å². The number of aromatic nitrogens is 1. The van der Waals surface area contributed by atoms with Crippen LogP contribution in [-0.2, 0) is 6.54 Å². The molecule has 1 aliphatic carbocycles. The molecule has 0 aliphatic heterocycles. The minimum Gasteiger partial charge on any atom is -0.335 e. The maximum absolute atomic E-state index is 12.2. The van der Waals surface area contributed by atoms with Crippen LogP contribution in [0.5, 0.6) is 0 Å². The van der Waals surface area contributed by atoms with Gasteiger partial charge in [-0.3, -0.25) is 4.98 Å². The zero-order valence-corrected chi connectivity index (χ0v) is 12.1. The molecule has 1 aliphatic rings. The van der Waals surface area contributed by atoms with E-state index in [-0.39, 0.29) is 12.1 Å². The molecule has 2 unspecified atom stereocenters. The molecule has 0 spiro atoms. The van der Waals surface area contributed by atoms with Crippen molar-refractivity contribution in [2.45, 2.75) is 24.9 Å². The largest absolute Gasteiger partial charge is 0.335 e. The highest BCUT2D eigenvalue weighted by Crippen LogP contribution is 2.40. The van der Waals surface area contributed by atoms with Gasteiger partial charge in [-0.05, 0) is 24.1 Å². The SMILES string of the molecule is CN(Cc1ccccn1)C(=O)NC1CC1c1ccccc1. The Balaban J connectivity index is 1.51. The van der Waals surface area contributed by atoms with Crippen molar-refractivity contribution in [3.63, 3.8) is 0 Å². The first-order valence-corrected chi connectivity index (χ1v) is 7.20. The molecule has 0 radical (unpaired) electrons. The summed E-state index contributed by atoms with van der Waals surface area (Å²) in [6.07, 6.45) is 2.76. The molecule has 1 N–H and O–H groups in total. The molecule has 4 heteroatoms. The average Bonchev–Trinajstić information content (AvgIpc) is 3.28. The molecule has 108 valence electrons. The number of rotatable bonds is 4. The van der Waals surface area contributed by atoms with Gasteiger partial charge in [-0.1, -0.05) is 36.4 Å². The number of pyridine rings is 1. The monoisotopic (exact) mass is 281 g/mol. The second-order valence-corrected chi connectivity index (χ2v) is 5.49. The molecule has 0 saturated heterocycles. The highest BCUT2D eigenvalue weighted by molar-refractivity contribution is 5.74. The van der Waals surface area contributed by atoms with Crippen LogP contribution in [0.15, 0.2) is 54.7 Å². The van der Waals surface area contributed by atoms with Crippen LogP contribution in [0.4, 0.5) is 4.79 Å². The van der Waals surface area contributed by atoms with Crippen LogP contribution >= 0.6 is 0 Å². The van der Waals surface area contributed by atoms with Gasteiger partial charge in [-0.2, -0.15) is 0 Å². The zero-order chi connectivity index (χ0) is 14.7.